The number of hydrogen-bond donors (Lipinski definition) is 1. The van der Waals surface area contributed by atoms with Crippen LogP contribution in [0.25, 0.3) is 0 Å². The molecule has 1 aliphatic heterocycles. The van der Waals surface area contributed by atoms with Crippen molar-refractivity contribution >= 4 is 15.9 Å². The van der Waals surface area contributed by atoms with Crippen LogP contribution in [0.15, 0.2) is 47.1 Å². The molecule has 2 atom stereocenters. The third kappa shape index (κ3) is 3.42. The van der Waals surface area contributed by atoms with Gasteiger partial charge < -0.3 is 14.8 Å². The van der Waals surface area contributed by atoms with E-state index in [0.29, 0.717) is 17.5 Å². The Bertz CT molecular complexity index is 615. The molecule has 2 aromatic rings. The van der Waals surface area contributed by atoms with Crippen LogP contribution < -0.4 is 14.8 Å². The normalized spacial score (nSPS) is 18.9. The van der Waals surface area contributed by atoms with Gasteiger partial charge in [-0.15, -0.1) is 0 Å². The van der Waals surface area contributed by atoms with Crippen LogP contribution in [0, 0.1) is 5.92 Å². The average Bonchev–Trinajstić information content (AvgIpc) is 3.08. The summed E-state index contributed by atoms with van der Waals surface area (Å²) in [7, 11) is 1.63. The van der Waals surface area contributed by atoms with Crippen molar-refractivity contribution in [2.24, 2.45) is 5.92 Å². The van der Waals surface area contributed by atoms with E-state index in [-0.39, 0.29) is 6.10 Å². The van der Waals surface area contributed by atoms with E-state index in [0.717, 1.165) is 24.0 Å². The Balaban J connectivity index is 1.90. The smallest absolute Gasteiger partial charge is 0.257 e. The molecule has 0 radical (unpaired) electrons. The lowest BCUT2D eigenvalue weighted by Crippen LogP contribution is -2.22. The van der Waals surface area contributed by atoms with Crippen LogP contribution in [0.2, 0.25) is 0 Å². The summed E-state index contributed by atoms with van der Waals surface area (Å²) in [5.41, 5.74) is 1.17. The Morgan fingerprint density at radius 1 is 1.32 bits per heavy atom. The summed E-state index contributed by atoms with van der Waals surface area (Å²) >= 11 is 3.41. The lowest BCUT2D eigenvalue weighted by molar-refractivity contribution is 0.132. The summed E-state index contributed by atoms with van der Waals surface area (Å²) in [6.45, 7) is 1.99. The molecule has 0 amide bonds. The standard InChI is InChI=1S/C17H19BrN2O2/c1-21-15-9-14(18)11-20-17(15)22-16(13-7-8-19-10-13)12-5-3-2-4-6-12/h2-6,9,11,13,16,19H,7-8,10H2,1H3. The van der Waals surface area contributed by atoms with E-state index in [2.05, 4.69) is 38.4 Å². The van der Waals surface area contributed by atoms with Gasteiger partial charge in [-0.25, -0.2) is 4.98 Å². The predicted octanol–water partition coefficient (Wildman–Crippen LogP) is 3.58. The van der Waals surface area contributed by atoms with E-state index in [4.69, 9.17) is 9.47 Å². The van der Waals surface area contributed by atoms with Gasteiger partial charge in [0.2, 0.25) is 0 Å². The molecule has 5 heteroatoms. The van der Waals surface area contributed by atoms with Gasteiger partial charge in [-0.05, 0) is 34.5 Å². The fourth-order valence-corrected chi connectivity index (χ4v) is 3.09. The van der Waals surface area contributed by atoms with E-state index in [1.54, 1.807) is 13.3 Å². The van der Waals surface area contributed by atoms with Crippen LogP contribution in [-0.2, 0) is 0 Å². The number of methoxy groups -OCH3 is 1. The fourth-order valence-electron chi connectivity index (χ4n) is 2.78. The minimum atomic E-state index is -0.0289. The van der Waals surface area contributed by atoms with Crippen molar-refractivity contribution < 1.29 is 9.47 Å². The molecule has 2 heterocycles. The van der Waals surface area contributed by atoms with E-state index in [1.807, 2.05) is 24.3 Å². The predicted molar refractivity (Wildman–Crippen MR) is 89.3 cm³/mol. The summed E-state index contributed by atoms with van der Waals surface area (Å²) in [5.74, 6) is 1.60. The number of nitrogens with one attached hydrogen (secondary N) is 1. The average molecular weight is 363 g/mol. The number of hydrogen-bond acceptors (Lipinski definition) is 4. The van der Waals surface area contributed by atoms with E-state index >= 15 is 0 Å². The molecule has 1 aromatic carbocycles. The van der Waals surface area contributed by atoms with Gasteiger partial charge in [0.15, 0.2) is 5.75 Å². The number of aromatic nitrogens is 1. The molecular weight excluding hydrogens is 344 g/mol. The Labute approximate surface area is 139 Å². The molecule has 1 aliphatic rings. The molecule has 0 spiro atoms. The second-order valence-corrected chi connectivity index (χ2v) is 6.28. The molecule has 3 rings (SSSR count). The number of halogens is 1. The first-order valence-corrected chi connectivity index (χ1v) is 8.19. The lowest BCUT2D eigenvalue weighted by atomic mass is 9.95. The minimum absolute atomic E-state index is 0.0289. The van der Waals surface area contributed by atoms with Crippen LogP contribution in [0.5, 0.6) is 11.6 Å². The van der Waals surface area contributed by atoms with Gasteiger partial charge in [-0.1, -0.05) is 30.3 Å². The molecule has 116 valence electrons. The Morgan fingerprint density at radius 3 is 2.82 bits per heavy atom. The van der Waals surface area contributed by atoms with Crippen LogP contribution >= 0.6 is 15.9 Å². The maximum absolute atomic E-state index is 6.26. The molecule has 0 aliphatic carbocycles. The molecule has 0 saturated carbocycles. The monoisotopic (exact) mass is 362 g/mol. The van der Waals surface area contributed by atoms with Crippen LogP contribution in [0.3, 0.4) is 0 Å². The maximum Gasteiger partial charge on any atom is 0.257 e. The first-order chi connectivity index (χ1) is 10.8. The van der Waals surface area contributed by atoms with Crippen molar-refractivity contribution in [2.45, 2.75) is 12.5 Å². The van der Waals surface area contributed by atoms with Gasteiger partial charge in [-0.2, -0.15) is 0 Å². The third-order valence-electron chi connectivity index (χ3n) is 3.90. The third-order valence-corrected chi connectivity index (χ3v) is 4.33. The second kappa shape index (κ2) is 7.11. The zero-order valence-electron chi connectivity index (χ0n) is 12.5. The van der Waals surface area contributed by atoms with Gasteiger partial charge >= 0.3 is 0 Å². The zero-order valence-corrected chi connectivity index (χ0v) is 14.0. The first-order valence-electron chi connectivity index (χ1n) is 7.40. The molecule has 1 aromatic heterocycles. The largest absolute Gasteiger partial charge is 0.491 e. The minimum Gasteiger partial charge on any atom is -0.491 e. The summed E-state index contributed by atoms with van der Waals surface area (Å²) in [4.78, 5) is 4.37. The zero-order chi connectivity index (χ0) is 15.4. The van der Waals surface area contributed by atoms with E-state index < -0.39 is 0 Å². The van der Waals surface area contributed by atoms with Crippen molar-refractivity contribution in [1.82, 2.24) is 10.3 Å². The lowest BCUT2D eigenvalue weighted by Gasteiger charge is -2.25. The van der Waals surface area contributed by atoms with Gasteiger partial charge in [0.05, 0.1) is 7.11 Å². The number of rotatable bonds is 5. The van der Waals surface area contributed by atoms with Crippen LogP contribution in [-0.4, -0.2) is 25.2 Å². The van der Waals surface area contributed by atoms with Crippen LogP contribution in [0.4, 0.5) is 0 Å². The SMILES string of the molecule is COc1cc(Br)cnc1OC(c1ccccc1)C1CCNC1. The Hall–Kier alpha value is -1.59. The molecule has 1 N–H and O–H groups in total. The molecule has 22 heavy (non-hydrogen) atoms. The molecule has 2 unspecified atom stereocenters. The summed E-state index contributed by atoms with van der Waals surface area (Å²) in [5, 5.41) is 3.41. The Morgan fingerprint density at radius 2 is 2.14 bits per heavy atom. The number of benzene rings is 1. The van der Waals surface area contributed by atoms with Crippen molar-refractivity contribution in [3.05, 3.63) is 52.6 Å². The highest BCUT2D eigenvalue weighted by Crippen LogP contribution is 2.35. The highest BCUT2D eigenvalue weighted by atomic mass is 79.9. The number of nitrogens with zero attached hydrogens (tertiary/aromatic N) is 1. The van der Waals surface area contributed by atoms with Crippen molar-refractivity contribution in [3.63, 3.8) is 0 Å². The fraction of sp³-hybridized carbons (Fsp3) is 0.353. The molecule has 1 saturated heterocycles. The van der Waals surface area contributed by atoms with Crippen LogP contribution in [0.1, 0.15) is 18.1 Å². The van der Waals surface area contributed by atoms with E-state index in [1.165, 1.54) is 5.56 Å². The maximum atomic E-state index is 6.26. The molecular formula is C17H19BrN2O2. The van der Waals surface area contributed by atoms with Gasteiger partial charge in [0.1, 0.15) is 6.10 Å². The topological polar surface area (TPSA) is 43.4 Å². The molecule has 4 nitrogen and oxygen atoms in total. The second-order valence-electron chi connectivity index (χ2n) is 5.36. The van der Waals surface area contributed by atoms with Crippen molar-refractivity contribution in [3.8, 4) is 11.6 Å². The molecule has 1 fully saturated rings. The Kier molecular flexibility index (Phi) is 4.95. The summed E-state index contributed by atoms with van der Waals surface area (Å²) in [6.07, 6.45) is 2.80. The summed E-state index contributed by atoms with van der Waals surface area (Å²) < 4.78 is 12.5. The van der Waals surface area contributed by atoms with Gasteiger partial charge in [-0.3, -0.25) is 0 Å². The number of ether oxygens (including phenoxy) is 2. The van der Waals surface area contributed by atoms with Gasteiger partial charge in [0.25, 0.3) is 5.88 Å². The quantitative estimate of drug-likeness (QED) is 0.882. The first kappa shape index (κ1) is 15.3. The van der Waals surface area contributed by atoms with Gasteiger partial charge in [0, 0.05) is 29.2 Å². The molecule has 0 bridgehead atoms. The highest BCUT2D eigenvalue weighted by Gasteiger charge is 2.29. The van der Waals surface area contributed by atoms with Crippen molar-refractivity contribution in [1.29, 1.82) is 0 Å². The van der Waals surface area contributed by atoms with E-state index in [9.17, 15) is 0 Å². The van der Waals surface area contributed by atoms with Crippen molar-refractivity contribution in [2.75, 3.05) is 20.2 Å². The summed E-state index contributed by atoms with van der Waals surface area (Å²) in [6, 6.07) is 12.2. The number of pyridine rings is 1. The highest BCUT2D eigenvalue weighted by molar-refractivity contribution is 9.10.